The first-order chi connectivity index (χ1) is 13.0. The second-order valence-electron chi connectivity index (χ2n) is 5.41. The number of hydrogen-bond acceptors (Lipinski definition) is 7. The highest BCUT2D eigenvalue weighted by Crippen LogP contribution is 2.27. The van der Waals surface area contributed by atoms with Gasteiger partial charge in [-0.1, -0.05) is 23.5 Å². The Kier molecular flexibility index (Phi) is 5.46. The van der Waals surface area contributed by atoms with Crippen molar-refractivity contribution >= 4 is 44.5 Å². The third-order valence-corrected chi connectivity index (χ3v) is 4.63. The number of carbonyl (C=O) groups excluding carboxylic acids is 3. The van der Waals surface area contributed by atoms with Crippen molar-refractivity contribution in [3.8, 4) is 0 Å². The first-order valence-electron chi connectivity index (χ1n) is 8.10. The molecule has 0 aliphatic rings. The SMILES string of the molecule is CCOC(=O)c1ccc2nc(NC(=O)c3ccccc3C(=O)OC)sc2c1. The number of aromatic nitrogens is 1. The maximum absolute atomic E-state index is 12.6. The average molecular weight is 384 g/mol. The van der Waals surface area contributed by atoms with Crippen molar-refractivity contribution in [3.63, 3.8) is 0 Å². The number of carbonyl (C=O) groups is 3. The molecular formula is C19H16N2O5S. The first-order valence-corrected chi connectivity index (χ1v) is 8.91. The fourth-order valence-electron chi connectivity index (χ4n) is 2.45. The van der Waals surface area contributed by atoms with Crippen LogP contribution in [0.2, 0.25) is 0 Å². The lowest BCUT2D eigenvalue weighted by atomic mass is 10.1. The molecule has 0 unspecified atom stereocenters. The van der Waals surface area contributed by atoms with Gasteiger partial charge >= 0.3 is 11.9 Å². The lowest BCUT2D eigenvalue weighted by Crippen LogP contribution is -2.16. The van der Waals surface area contributed by atoms with Gasteiger partial charge in [0.15, 0.2) is 5.13 Å². The summed E-state index contributed by atoms with van der Waals surface area (Å²) in [7, 11) is 1.26. The fourth-order valence-corrected chi connectivity index (χ4v) is 3.35. The molecule has 1 aromatic heterocycles. The highest BCUT2D eigenvalue weighted by molar-refractivity contribution is 7.22. The van der Waals surface area contributed by atoms with Gasteiger partial charge in [0, 0.05) is 0 Å². The van der Waals surface area contributed by atoms with E-state index in [9.17, 15) is 14.4 Å². The second-order valence-corrected chi connectivity index (χ2v) is 6.44. The monoisotopic (exact) mass is 384 g/mol. The largest absolute Gasteiger partial charge is 0.465 e. The summed E-state index contributed by atoms with van der Waals surface area (Å²) in [6.07, 6.45) is 0. The Hall–Kier alpha value is -3.26. The van der Waals surface area contributed by atoms with Crippen LogP contribution in [0.3, 0.4) is 0 Å². The van der Waals surface area contributed by atoms with Gasteiger partial charge in [-0.3, -0.25) is 10.1 Å². The van der Waals surface area contributed by atoms with E-state index in [1.54, 1.807) is 37.3 Å². The van der Waals surface area contributed by atoms with Gasteiger partial charge in [-0.25, -0.2) is 14.6 Å². The minimum Gasteiger partial charge on any atom is -0.465 e. The quantitative estimate of drug-likeness (QED) is 0.677. The van der Waals surface area contributed by atoms with Crippen LogP contribution >= 0.6 is 11.3 Å². The molecule has 1 amide bonds. The number of nitrogens with one attached hydrogen (secondary N) is 1. The summed E-state index contributed by atoms with van der Waals surface area (Å²) >= 11 is 1.22. The molecule has 27 heavy (non-hydrogen) atoms. The van der Waals surface area contributed by atoms with Crippen LogP contribution in [0.25, 0.3) is 10.2 Å². The zero-order valence-electron chi connectivity index (χ0n) is 14.6. The summed E-state index contributed by atoms with van der Waals surface area (Å²) in [5.41, 5.74) is 1.42. The highest BCUT2D eigenvalue weighted by Gasteiger charge is 2.18. The van der Waals surface area contributed by atoms with Gasteiger partial charge < -0.3 is 9.47 Å². The van der Waals surface area contributed by atoms with Crippen LogP contribution in [0.15, 0.2) is 42.5 Å². The molecule has 8 heteroatoms. The molecule has 138 valence electrons. The minimum absolute atomic E-state index is 0.170. The van der Waals surface area contributed by atoms with Crippen LogP contribution in [-0.4, -0.2) is 36.5 Å². The Bertz CT molecular complexity index is 1030. The number of esters is 2. The zero-order chi connectivity index (χ0) is 19.4. The van der Waals surface area contributed by atoms with E-state index in [2.05, 4.69) is 10.3 Å². The smallest absolute Gasteiger partial charge is 0.338 e. The minimum atomic E-state index is -0.593. The average Bonchev–Trinajstić information content (AvgIpc) is 3.08. The molecule has 1 heterocycles. The maximum atomic E-state index is 12.6. The molecule has 7 nitrogen and oxygen atoms in total. The first kappa shape index (κ1) is 18.5. The van der Waals surface area contributed by atoms with E-state index < -0.39 is 17.8 Å². The van der Waals surface area contributed by atoms with Gasteiger partial charge in [0.1, 0.15) is 0 Å². The number of thiazole rings is 1. The lowest BCUT2D eigenvalue weighted by molar-refractivity contribution is 0.0525. The molecule has 2 aromatic carbocycles. The molecule has 0 aliphatic heterocycles. The van der Waals surface area contributed by atoms with Crippen LogP contribution < -0.4 is 5.32 Å². The second kappa shape index (κ2) is 7.96. The van der Waals surface area contributed by atoms with E-state index in [0.717, 1.165) is 4.70 Å². The predicted molar refractivity (Wildman–Crippen MR) is 101 cm³/mol. The molecule has 0 aliphatic carbocycles. The third kappa shape index (κ3) is 3.95. The van der Waals surface area contributed by atoms with Gasteiger partial charge in [-0.05, 0) is 37.3 Å². The van der Waals surface area contributed by atoms with E-state index in [-0.39, 0.29) is 11.1 Å². The summed E-state index contributed by atoms with van der Waals surface area (Å²) in [4.78, 5) is 40.6. The maximum Gasteiger partial charge on any atom is 0.338 e. The Labute approximate surface area is 158 Å². The topological polar surface area (TPSA) is 94.6 Å². The Morgan fingerprint density at radius 1 is 1.07 bits per heavy atom. The summed E-state index contributed by atoms with van der Waals surface area (Å²) in [5, 5.41) is 3.04. The molecule has 0 saturated heterocycles. The lowest BCUT2D eigenvalue weighted by Gasteiger charge is -2.06. The highest BCUT2D eigenvalue weighted by atomic mass is 32.1. The van der Waals surface area contributed by atoms with Crippen molar-refractivity contribution in [1.82, 2.24) is 4.98 Å². The summed E-state index contributed by atoms with van der Waals surface area (Å²) in [6.45, 7) is 2.03. The van der Waals surface area contributed by atoms with Crippen molar-refractivity contribution in [2.24, 2.45) is 0 Å². The van der Waals surface area contributed by atoms with Crippen LogP contribution in [0.5, 0.6) is 0 Å². The van der Waals surface area contributed by atoms with Crippen LogP contribution in [-0.2, 0) is 9.47 Å². The Morgan fingerprint density at radius 2 is 1.81 bits per heavy atom. The normalized spacial score (nSPS) is 10.4. The number of fused-ring (bicyclic) bond motifs is 1. The standard InChI is InChI=1S/C19H16N2O5S/c1-3-26-17(23)11-8-9-14-15(10-11)27-19(20-14)21-16(22)12-6-4-5-7-13(12)18(24)25-2/h4-10H,3H2,1-2H3,(H,20,21,22). The van der Waals surface area contributed by atoms with Crippen LogP contribution in [0.1, 0.15) is 38.0 Å². The molecular weight excluding hydrogens is 368 g/mol. The van der Waals surface area contributed by atoms with Crippen LogP contribution in [0, 0.1) is 0 Å². The summed E-state index contributed by atoms with van der Waals surface area (Å²) in [6, 6.07) is 11.3. The van der Waals surface area contributed by atoms with Crippen molar-refractivity contribution in [2.75, 3.05) is 19.0 Å². The predicted octanol–water partition coefficient (Wildman–Crippen LogP) is 3.51. The Morgan fingerprint density at radius 3 is 2.52 bits per heavy atom. The zero-order valence-corrected chi connectivity index (χ0v) is 15.5. The van der Waals surface area contributed by atoms with E-state index >= 15 is 0 Å². The van der Waals surface area contributed by atoms with Gasteiger partial charge in [-0.2, -0.15) is 0 Å². The number of methoxy groups -OCH3 is 1. The molecule has 0 saturated carbocycles. The van der Waals surface area contributed by atoms with E-state index in [1.807, 2.05) is 0 Å². The molecule has 3 rings (SSSR count). The van der Waals surface area contributed by atoms with Crippen molar-refractivity contribution in [3.05, 3.63) is 59.2 Å². The van der Waals surface area contributed by atoms with E-state index in [4.69, 9.17) is 9.47 Å². The number of amides is 1. The molecule has 0 atom stereocenters. The molecule has 0 fully saturated rings. The van der Waals surface area contributed by atoms with Gasteiger partial charge in [0.05, 0.1) is 40.6 Å². The third-order valence-electron chi connectivity index (χ3n) is 3.70. The van der Waals surface area contributed by atoms with Crippen molar-refractivity contribution in [1.29, 1.82) is 0 Å². The number of nitrogens with zero attached hydrogens (tertiary/aromatic N) is 1. The van der Waals surface area contributed by atoms with Crippen LogP contribution in [0.4, 0.5) is 5.13 Å². The number of hydrogen-bond donors (Lipinski definition) is 1. The fraction of sp³-hybridized carbons (Fsp3) is 0.158. The summed E-state index contributed by atoms with van der Waals surface area (Å²) < 4.78 is 10.4. The number of anilines is 1. The van der Waals surface area contributed by atoms with E-state index in [0.29, 0.717) is 22.8 Å². The number of rotatable bonds is 5. The van der Waals surface area contributed by atoms with E-state index in [1.165, 1.54) is 30.6 Å². The van der Waals surface area contributed by atoms with Gasteiger partial charge in [-0.15, -0.1) is 0 Å². The number of ether oxygens (including phenoxy) is 2. The van der Waals surface area contributed by atoms with Crippen molar-refractivity contribution in [2.45, 2.75) is 6.92 Å². The molecule has 0 spiro atoms. The van der Waals surface area contributed by atoms with Gasteiger partial charge in [0.25, 0.3) is 5.91 Å². The number of benzene rings is 2. The summed E-state index contributed by atoms with van der Waals surface area (Å²) in [5.74, 6) is -1.48. The Balaban J connectivity index is 1.86. The molecule has 3 aromatic rings. The molecule has 0 bridgehead atoms. The molecule has 1 N–H and O–H groups in total. The van der Waals surface area contributed by atoms with Gasteiger partial charge in [0.2, 0.25) is 0 Å². The molecule has 0 radical (unpaired) electrons. The van der Waals surface area contributed by atoms with Crippen molar-refractivity contribution < 1.29 is 23.9 Å².